The predicted molar refractivity (Wildman–Crippen MR) is 88.9 cm³/mol. The number of guanidine groups is 1. The van der Waals surface area contributed by atoms with Crippen LogP contribution in [0, 0.1) is 0 Å². The van der Waals surface area contributed by atoms with Crippen LogP contribution in [0.15, 0.2) is 35.3 Å². The minimum absolute atomic E-state index is 0.0213. The molecule has 0 heterocycles. The molecule has 0 spiro atoms. The number of benzene rings is 1. The average molecular weight is 306 g/mol. The summed E-state index contributed by atoms with van der Waals surface area (Å²) in [5, 5.41) is 18.6. The minimum atomic E-state index is -0.0480. The van der Waals surface area contributed by atoms with Gasteiger partial charge in [-0.15, -0.1) is 0 Å². The number of nitrogens with zero attached hydrogens (tertiary/aromatic N) is 1. The van der Waals surface area contributed by atoms with Crippen molar-refractivity contribution in [2.24, 2.45) is 4.99 Å². The summed E-state index contributed by atoms with van der Waals surface area (Å²) in [7, 11) is 0. The lowest BCUT2D eigenvalue weighted by Gasteiger charge is -2.15. The fourth-order valence-electron chi connectivity index (χ4n) is 1.96. The molecule has 0 aromatic heterocycles. The number of carbonyl (C=O) groups is 1. The van der Waals surface area contributed by atoms with Gasteiger partial charge in [0.2, 0.25) is 5.91 Å². The van der Waals surface area contributed by atoms with E-state index in [9.17, 15) is 9.90 Å². The summed E-state index contributed by atoms with van der Waals surface area (Å²) in [5.41, 5.74) is 1.07. The fourth-order valence-corrected chi connectivity index (χ4v) is 1.96. The molecule has 1 aromatic carbocycles. The smallest absolute Gasteiger partial charge is 0.216 e. The Kier molecular flexibility index (Phi) is 8.67. The van der Waals surface area contributed by atoms with Crippen LogP contribution in [-0.2, 0) is 4.79 Å². The van der Waals surface area contributed by atoms with Crippen LogP contribution in [0.2, 0.25) is 0 Å². The van der Waals surface area contributed by atoms with E-state index in [-0.39, 0.29) is 18.4 Å². The van der Waals surface area contributed by atoms with Crippen molar-refractivity contribution < 1.29 is 9.90 Å². The first-order valence-electron chi connectivity index (χ1n) is 7.59. The van der Waals surface area contributed by atoms with Gasteiger partial charge in [-0.25, -0.2) is 0 Å². The molecule has 1 amide bonds. The van der Waals surface area contributed by atoms with Crippen LogP contribution in [0.3, 0.4) is 0 Å². The van der Waals surface area contributed by atoms with Crippen molar-refractivity contribution in [1.29, 1.82) is 0 Å². The maximum absolute atomic E-state index is 10.8. The number of nitrogens with one attached hydrogen (secondary N) is 3. The van der Waals surface area contributed by atoms with E-state index < -0.39 is 0 Å². The van der Waals surface area contributed by atoms with Crippen molar-refractivity contribution >= 4 is 11.9 Å². The Balaban J connectivity index is 2.54. The van der Waals surface area contributed by atoms with E-state index in [1.807, 2.05) is 37.3 Å². The molecule has 0 aliphatic carbocycles. The van der Waals surface area contributed by atoms with Gasteiger partial charge in [0.1, 0.15) is 0 Å². The number of aliphatic hydroxyl groups excluding tert-OH is 1. The number of carbonyl (C=O) groups excluding carboxylic acids is 1. The highest BCUT2D eigenvalue weighted by molar-refractivity contribution is 5.79. The second-order valence-corrected chi connectivity index (χ2v) is 4.92. The van der Waals surface area contributed by atoms with Gasteiger partial charge in [0.25, 0.3) is 0 Å². The third-order valence-electron chi connectivity index (χ3n) is 3.10. The quantitative estimate of drug-likeness (QED) is 0.319. The van der Waals surface area contributed by atoms with E-state index in [2.05, 4.69) is 20.9 Å². The van der Waals surface area contributed by atoms with Gasteiger partial charge in [-0.3, -0.25) is 9.79 Å². The highest BCUT2D eigenvalue weighted by atomic mass is 16.3. The second kappa shape index (κ2) is 10.6. The predicted octanol–water partition coefficient (Wildman–Crippen LogP) is 0.454. The molecule has 0 fully saturated rings. The molecule has 0 aliphatic rings. The van der Waals surface area contributed by atoms with Crippen molar-refractivity contribution in [2.45, 2.75) is 19.8 Å². The molecule has 4 N–H and O–H groups in total. The van der Waals surface area contributed by atoms with Crippen LogP contribution in [-0.4, -0.2) is 49.8 Å². The zero-order valence-corrected chi connectivity index (χ0v) is 13.3. The summed E-state index contributed by atoms with van der Waals surface area (Å²) in [6, 6.07) is 9.85. The number of aliphatic imine (C=N–C) groups is 1. The Morgan fingerprint density at radius 3 is 2.45 bits per heavy atom. The number of rotatable bonds is 8. The first-order valence-corrected chi connectivity index (χ1v) is 7.59. The summed E-state index contributed by atoms with van der Waals surface area (Å²) >= 11 is 0. The van der Waals surface area contributed by atoms with Crippen LogP contribution < -0.4 is 16.0 Å². The van der Waals surface area contributed by atoms with Gasteiger partial charge in [-0.1, -0.05) is 30.3 Å². The molecule has 122 valence electrons. The van der Waals surface area contributed by atoms with E-state index in [1.165, 1.54) is 6.92 Å². The monoisotopic (exact) mass is 306 g/mol. The van der Waals surface area contributed by atoms with Gasteiger partial charge < -0.3 is 21.1 Å². The zero-order chi connectivity index (χ0) is 16.2. The van der Waals surface area contributed by atoms with Gasteiger partial charge >= 0.3 is 0 Å². The molecule has 6 nitrogen and oxygen atoms in total. The summed E-state index contributed by atoms with van der Waals surface area (Å²) < 4.78 is 0. The molecule has 0 saturated heterocycles. The topological polar surface area (TPSA) is 85.8 Å². The van der Waals surface area contributed by atoms with Crippen molar-refractivity contribution in [1.82, 2.24) is 16.0 Å². The lowest BCUT2D eigenvalue weighted by molar-refractivity contribution is -0.118. The minimum Gasteiger partial charge on any atom is -0.396 e. The van der Waals surface area contributed by atoms with Crippen LogP contribution in [0.4, 0.5) is 0 Å². The maximum Gasteiger partial charge on any atom is 0.216 e. The maximum atomic E-state index is 10.8. The number of amides is 1. The molecule has 0 radical (unpaired) electrons. The third kappa shape index (κ3) is 7.08. The molecular weight excluding hydrogens is 280 g/mol. The molecule has 1 atom stereocenters. The largest absolute Gasteiger partial charge is 0.396 e. The van der Waals surface area contributed by atoms with Gasteiger partial charge in [0.05, 0.1) is 13.2 Å². The molecule has 0 bridgehead atoms. The van der Waals surface area contributed by atoms with Crippen LogP contribution in [0.25, 0.3) is 0 Å². The van der Waals surface area contributed by atoms with Crippen LogP contribution in [0.1, 0.15) is 25.3 Å². The van der Waals surface area contributed by atoms with Gasteiger partial charge in [-0.2, -0.15) is 0 Å². The van der Waals surface area contributed by atoms with Gasteiger partial charge in [-0.05, 0) is 12.5 Å². The van der Waals surface area contributed by atoms with Gasteiger partial charge in [0, 0.05) is 32.5 Å². The average Bonchev–Trinajstić information content (AvgIpc) is 2.52. The first kappa shape index (κ1) is 18.0. The molecule has 0 aliphatic heterocycles. The SMILES string of the molecule is CCNC(=NCC(CO)c1ccccc1)NCCNC(C)=O. The summed E-state index contributed by atoms with van der Waals surface area (Å²) in [6.07, 6.45) is 0. The number of hydrogen-bond donors (Lipinski definition) is 4. The highest BCUT2D eigenvalue weighted by Crippen LogP contribution is 2.14. The molecule has 1 unspecified atom stereocenters. The molecule has 6 heteroatoms. The van der Waals surface area contributed by atoms with Crippen molar-refractivity contribution in [2.75, 3.05) is 32.8 Å². The summed E-state index contributed by atoms with van der Waals surface area (Å²) in [5.74, 6) is 0.613. The van der Waals surface area contributed by atoms with E-state index in [1.54, 1.807) is 0 Å². The van der Waals surface area contributed by atoms with Gasteiger partial charge in [0.15, 0.2) is 5.96 Å². The van der Waals surface area contributed by atoms with E-state index in [0.29, 0.717) is 25.6 Å². The Labute approximate surface area is 132 Å². The van der Waals surface area contributed by atoms with Crippen molar-refractivity contribution in [3.05, 3.63) is 35.9 Å². The third-order valence-corrected chi connectivity index (χ3v) is 3.10. The van der Waals surface area contributed by atoms with Crippen molar-refractivity contribution in [3.63, 3.8) is 0 Å². The van der Waals surface area contributed by atoms with E-state index >= 15 is 0 Å². The first-order chi connectivity index (χ1) is 10.7. The molecule has 1 aromatic rings. The van der Waals surface area contributed by atoms with Crippen LogP contribution >= 0.6 is 0 Å². The van der Waals surface area contributed by atoms with Crippen LogP contribution in [0.5, 0.6) is 0 Å². The second-order valence-electron chi connectivity index (χ2n) is 4.92. The Morgan fingerprint density at radius 1 is 1.18 bits per heavy atom. The summed E-state index contributed by atoms with van der Waals surface area (Å²) in [6.45, 7) is 5.93. The van der Waals surface area contributed by atoms with E-state index in [0.717, 1.165) is 12.1 Å². The highest BCUT2D eigenvalue weighted by Gasteiger charge is 2.09. The fraction of sp³-hybridized carbons (Fsp3) is 0.500. The molecule has 0 saturated carbocycles. The van der Waals surface area contributed by atoms with E-state index in [4.69, 9.17) is 0 Å². The Bertz CT molecular complexity index is 462. The molecule has 22 heavy (non-hydrogen) atoms. The number of hydrogen-bond acceptors (Lipinski definition) is 3. The lowest BCUT2D eigenvalue weighted by Crippen LogP contribution is -2.41. The summed E-state index contributed by atoms with van der Waals surface area (Å²) in [4.78, 5) is 15.3. The molecular formula is C16H26N4O2. The Morgan fingerprint density at radius 2 is 1.86 bits per heavy atom. The number of aliphatic hydroxyl groups is 1. The molecule has 1 rings (SSSR count). The standard InChI is InChI=1S/C16H26N4O2/c1-3-17-16(19-10-9-18-13(2)22)20-11-15(12-21)14-7-5-4-6-8-14/h4-8,15,21H,3,9-12H2,1-2H3,(H,18,22)(H2,17,19,20). The lowest BCUT2D eigenvalue weighted by atomic mass is 10.0. The normalized spacial score (nSPS) is 12.6. The Hall–Kier alpha value is -2.08. The van der Waals surface area contributed by atoms with Crippen molar-refractivity contribution in [3.8, 4) is 0 Å². The zero-order valence-electron chi connectivity index (χ0n) is 13.3.